The Hall–Kier alpha value is -7.41. The lowest BCUT2D eigenvalue weighted by molar-refractivity contribution is -0.274. The molecule has 3 aromatic carbocycles. The number of esters is 2. The Bertz CT molecular complexity index is 3460. The number of aryl methyl sites for hydroxylation is 3. The second-order valence-corrected chi connectivity index (χ2v) is 18.9. The lowest BCUT2D eigenvalue weighted by Gasteiger charge is -2.11. The number of aromatic amines is 2. The highest BCUT2D eigenvalue weighted by atomic mass is 79.9. The van der Waals surface area contributed by atoms with Gasteiger partial charge in [0.25, 0.3) is 11.8 Å². The van der Waals surface area contributed by atoms with Gasteiger partial charge in [0.2, 0.25) is 11.6 Å². The molecule has 2 N–H and O–H groups in total. The SMILES string of the molecule is Cc1cc(-c2nc(-c3ccc4[nH]c5c(c4c3)CCC5CC(=O)OC(=O)CC3CCc4c3[nH]c3ccc(-c5noc(-c6cc(OC(F)(F)F)cc(-c7cnn(CC(C)C)c7)c6)n5)cc43)no2)cc(Br)n1. The number of ether oxygens (including phenoxy) is 2. The van der Waals surface area contributed by atoms with Crippen LogP contribution in [-0.4, -0.2) is 63.3 Å². The first-order chi connectivity index (χ1) is 33.2. The zero-order chi connectivity index (χ0) is 47.7. The first-order valence-electron chi connectivity index (χ1n) is 22.5. The number of aromatic nitrogens is 9. The van der Waals surface area contributed by atoms with E-state index in [-0.39, 0.29) is 42.0 Å². The minimum absolute atomic E-state index is 0.00615. The minimum atomic E-state index is -4.92. The van der Waals surface area contributed by atoms with Crippen molar-refractivity contribution < 1.29 is 41.3 Å². The van der Waals surface area contributed by atoms with E-state index in [0.717, 1.165) is 74.0 Å². The number of benzene rings is 3. The van der Waals surface area contributed by atoms with Gasteiger partial charge >= 0.3 is 18.3 Å². The van der Waals surface area contributed by atoms with Gasteiger partial charge in [0.05, 0.1) is 19.0 Å². The van der Waals surface area contributed by atoms with Crippen LogP contribution in [-0.2, 0) is 33.7 Å². The average molecular weight is 1000 g/mol. The minimum Gasteiger partial charge on any atom is -0.406 e. The van der Waals surface area contributed by atoms with Gasteiger partial charge < -0.3 is 28.5 Å². The van der Waals surface area contributed by atoms with Crippen molar-refractivity contribution in [3.63, 3.8) is 0 Å². The molecule has 0 aliphatic heterocycles. The Morgan fingerprint density at radius 1 is 0.754 bits per heavy atom. The number of carbonyl (C=O) groups is 2. The molecule has 350 valence electrons. The van der Waals surface area contributed by atoms with E-state index in [1.54, 1.807) is 23.1 Å². The molecule has 15 nitrogen and oxygen atoms in total. The number of hydrogen-bond donors (Lipinski definition) is 2. The van der Waals surface area contributed by atoms with Gasteiger partial charge in [0, 0.05) is 91.3 Å². The smallest absolute Gasteiger partial charge is 0.406 e. The molecule has 2 aliphatic carbocycles. The van der Waals surface area contributed by atoms with Crippen LogP contribution in [0.3, 0.4) is 0 Å². The molecule has 0 amide bonds. The van der Waals surface area contributed by atoms with Crippen LogP contribution in [0.2, 0.25) is 0 Å². The predicted octanol–water partition coefficient (Wildman–Crippen LogP) is 11.6. The summed E-state index contributed by atoms with van der Waals surface area (Å²) in [7, 11) is 0. The molecule has 0 spiro atoms. The van der Waals surface area contributed by atoms with Gasteiger partial charge in [-0.15, -0.1) is 13.2 Å². The first-order valence-corrected chi connectivity index (χ1v) is 23.2. The van der Waals surface area contributed by atoms with Crippen molar-refractivity contribution in [3.8, 4) is 62.6 Å². The molecule has 0 saturated carbocycles. The number of pyridine rings is 1. The van der Waals surface area contributed by atoms with Crippen LogP contribution in [0, 0.1) is 12.8 Å². The molecule has 2 atom stereocenters. The molecule has 6 aromatic heterocycles. The fourth-order valence-corrected chi connectivity index (χ4v) is 10.3. The summed E-state index contributed by atoms with van der Waals surface area (Å²) in [5.74, 6) is -0.494. The quantitative estimate of drug-likeness (QED) is 0.0669. The van der Waals surface area contributed by atoms with Crippen molar-refractivity contribution in [1.82, 2.24) is 45.0 Å². The molecule has 19 heteroatoms. The number of fused-ring (bicyclic) bond motifs is 6. The number of rotatable bonds is 12. The van der Waals surface area contributed by atoms with E-state index < -0.39 is 24.1 Å². The fraction of sp³-hybridized carbons (Fsp3) is 0.280. The number of nitrogens with zero attached hydrogens (tertiary/aromatic N) is 7. The normalized spacial score (nSPS) is 15.7. The lowest BCUT2D eigenvalue weighted by Crippen LogP contribution is -2.17. The summed E-state index contributed by atoms with van der Waals surface area (Å²) >= 11 is 3.42. The van der Waals surface area contributed by atoms with Gasteiger partial charge in [0.1, 0.15) is 10.4 Å². The van der Waals surface area contributed by atoms with Crippen molar-refractivity contribution in [3.05, 3.63) is 112 Å². The predicted molar refractivity (Wildman–Crippen MR) is 249 cm³/mol. The Kier molecular flexibility index (Phi) is 11.0. The monoisotopic (exact) mass is 999 g/mol. The van der Waals surface area contributed by atoms with Crippen LogP contribution in [0.1, 0.15) is 79.6 Å². The summed E-state index contributed by atoms with van der Waals surface area (Å²) in [6, 6.07) is 19.4. The molecule has 0 radical (unpaired) electrons. The molecule has 9 aromatic rings. The number of H-pyrrole nitrogens is 2. The third-order valence-corrected chi connectivity index (χ3v) is 13.1. The van der Waals surface area contributed by atoms with E-state index in [2.05, 4.69) is 61.0 Å². The van der Waals surface area contributed by atoms with Crippen molar-refractivity contribution in [2.45, 2.75) is 84.0 Å². The van der Waals surface area contributed by atoms with Crippen LogP contribution in [0.4, 0.5) is 13.2 Å². The topological polar surface area (TPSA) is 193 Å². The van der Waals surface area contributed by atoms with Crippen LogP contribution >= 0.6 is 15.9 Å². The Balaban J connectivity index is 0.750. The lowest BCUT2D eigenvalue weighted by atomic mass is 10.0. The van der Waals surface area contributed by atoms with E-state index in [1.807, 2.05) is 69.3 Å². The molecule has 0 fully saturated rings. The maximum atomic E-state index is 13.4. The van der Waals surface area contributed by atoms with Crippen molar-refractivity contribution >= 4 is 49.7 Å². The van der Waals surface area contributed by atoms with E-state index in [1.165, 1.54) is 12.1 Å². The van der Waals surface area contributed by atoms with Crippen molar-refractivity contribution in [2.24, 2.45) is 5.92 Å². The number of alkyl halides is 3. The Morgan fingerprint density at radius 2 is 1.32 bits per heavy atom. The standard InChI is InChI=1S/C50H41BrF3N9O6/c1-24(2)22-63-23-33(21-55-63)30-13-32(15-34(14-30)67-50(52,53)54)49-60-47(62-69-49)29-7-11-40-38(17-29)36-9-5-27(45(36)58-40)20-43(65)66-42(64)19-26-4-8-35-37-16-28(6-10-39(37)57-44(26)35)46-59-48(68-61-46)31-12-25(3)56-41(51)18-31/h6-7,10-18,21,23-24,26-27,57-58H,4-5,8-9,19-20,22H2,1-3H3. The molecular formula is C50H41BrF3N9O6. The zero-order valence-corrected chi connectivity index (χ0v) is 38.9. The Morgan fingerprint density at radius 3 is 1.87 bits per heavy atom. The van der Waals surface area contributed by atoms with Crippen LogP contribution in [0.5, 0.6) is 5.75 Å². The maximum Gasteiger partial charge on any atom is 0.573 e. The zero-order valence-electron chi connectivity index (χ0n) is 37.3. The van der Waals surface area contributed by atoms with Gasteiger partial charge in [-0.3, -0.25) is 14.3 Å². The first kappa shape index (κ1) is 44.1. The van der Waals surface area contributed by atoms with Gasteiger partial charge in [0.15, 0.2) is 0 Å². The number of carbonyl (C=O) groups excluding carboxylic acids is 2. The summed E-state index contributed by atoms with van der Waals surface area (Å²) in [4.78, 5) is 47.1. The summed E-state index contributed by atoms with van der Waals surface area (Å²) in [5.41, 5.74) is 10.1. The highest BCUT2D eigenvalue weighted by Gasteiger charge is 2.34. The molecule has 2 aliphatic rings. The van der Waals surface area contributed by atoms with Gasteiger partial charge in [-0.25, -0.2) is 4.98 Å². The summed E-state index contributed by atoms with van der Waals surface area (Å²) < 4.78 is 63.6. The number of hydrogen-bond acceptors (Lipinski definition) is 12. The fourth-order valence-electron chi connectivity index (χ4n) is 9.73. The molecule has 0 saturated heterocycles. The van der Waals surface area contributed by atoms with Crippen molar-refractivity contribution in [2.75, 3.05) is 0 Å². The number of halogens is 4. The van der Waals surface area contributed by atoms with Gasteiger partial charge in [-0.1, -0.05) is 24.2 Å². The molecule has 11 rings (SSSR count). The van der Waals surface area contributed by atoms with Crippen LogP contribution in [0.15, 0.2) is 92.8 Å². The highest BCUT2D eigenvalue weighted by molar-refractivity contribution is 9.10. The second kappa shape index (κ2) is 17.3. The van der Waals surface area contributed by atoms with E-state index >= 15 is 0 Å². The highest BCUT2D eigenvalue weighted by Crippen LogP contribution is 2.43. The molecule has 69 heavy (non-hydrogen) atoms. The van der Waals surface area contributed by atoms with Crippen LogP contribution in [0.25, 0.3) is 78.6 Å². The summed E-state index contributed by atoms with van der Waals surface area (Å²) in [6.45, 7) is 6.61. The summed E-state index contributed by atoms with van der Waals surface area (Å²) in [5, 5.41) is 14.7. The largest absolute Gasteiger partial charge is 0.573 e. The second-order valence-electron chi connectivity index (χ2n) is 18.1. The van der Waals surface area contributed by atoms with Gasteiger partial charge in [-0.05, 0) is 138 Å². The number of nitrogens with one attached hydrogen (secondary N) is 2. The third kappa shape index (κ3) is 8.93. The molecular weight excluding hydrogens is 960 g/mol. The van der Waals surface area contributed by atoms with E-state index in [4.69, 9.17) is 13.8 Å². The maximum absolute atomic E-state index is 13.4. The van der Waals surface area contributed by atoms with Crippen LogP contribution < -0.4 is 4.74 Å². The molecule has 0 bridgehead atoms. The summed E-state index contributed by atoms with van der Waals surface area (Å²) in [6.07, 6.45) is 1.39. The molecule has 6 heterocycles. The van der Waals surface area contributed by atoms with E-state index in [0.29, 0.717) is 58.3 Å². The average Bonchev–Trinajstić information content (AvgIpc) is 4.16. The van der Waals surface area contributed by atoms with Gasteiger partial charge in [-0.2, -0.15) is 15.1 Å². The molecule has 2 unspecified atom stereocenters. The Labute approximate surface area is 398 Å². The van der Waals surface area contributed by atoms with E-state index in [9.17, 15) is 22.8 Å². The third-order valence-electron chi connectivity index (χ3n) is 12.7. The van der Waals surface area contributed by atoms with Crippen molar-refractivity contribution in [1.29, 1.82) is 0 Å².